The number of hydrogen-bond donors (Lipinski definition) is 1. The van der Waals surface area contributed by atoms with Crippen LogP contribution in [0.2, 0.25) is 0 Å². The Morgan fingerprint density at radius 2 is 2.27 bits per heavy atom. The van der Waals surface area contributed by atoms with Crippen LogP contribution in [0.25, 0.3) is 10.9 Å². The molecule has 0 amide bonds. The van der Waals surface area contributed by atoms with Crippen LogP contribution in [0.4, 0.5) is 0 Å². The molecule has 2 heteroatoms. The van der Waals surface area contributed by atoms with E-state index in [0.29, 0.717) is 6.04 Å². The van der Waals surface area contributed by atoms with Crippen molar-refractivity contribution < 1.29 is 0 Å². The van der Waals surface area contributed by atoms with Gasteiger partial charge >= 0.3 is 0 Å². The number of rotatable bonds is 1. The molecule has 1 aromatic carbocycles. The molecular weight excluding hydrogens is 184 g/mol. The van der Waals surface area contributed by atoms with E-state index in [1.54, 1.807) is 0 Å². The summed E-state index contributed by atoms with van der Waals surface area (Å²) in [4.78, 5) is 0. The number of fused-ring (bicyclic) bond motifs is 1. The van der Waals surface area contributed by atoms with Gasteiger partial charge in [0.2, 0.25) is 0 Å². The average Bonchev–Trinajstić information content (AvgIpc) is 2.82. The first kappa shape index (κ1) is 8.98. The zero-order valence-corrected chi connectivity index (χ0v) is 9.03. The minimum Gasteiger partial charge on any atom is -0.343 e. The fourth-order valence-corrected chi connectivity index (χ4v) is 2.48. The lowest BCUT2D eigenvalue weighted by molar-refractivity contribution is 0.565. The van der Waals surface area contributed by atoms with E-state index in [1.807, 2.05) is 0 Å². The van der Waals surface area contributed by atoms with E-state index in [-0.39, 0.29) is 0 Å². The van der Waals surface area contributed by atoms with Gasteiger partial charge < -0.3 is 9.88 Å². The van der Waals surface area contributed by atoms with Crippen molar-refractivity contribution in [1.82, 2.24) is 9.88 Å². The lowest BCUT2D eigenvalue weighted by atomic mass is 10.2. The van der Waals surface area contributed by atoms with Gasteiger partial charge in [0.15, 0.2) is 0 Å². The Balaban J connectivity index is 2.11. The summed E-state index contributed by atoms with van der Waals surface area (Å²) in [6, 6.07) is 9.56. The summed E-state index contributed by atoms with van der Waals surface area (Å²) in [6.45, 7) is 4.40. The second-order valence-electron chi connectivity index (χ2n) is 4.43. The molecule has 1 aromatic heterocycles. The van der Waals surface area contributed by atoms with Crippen molar-refractivity contribution in [3.63, 3.8) is 0 Å². The normalized spacial score (nSPS) is 21.3. The molecule has 2 heterocycles. The molecule has 0 spiro atoms. The molecule has 0 saturated carbocycles. The molecule has 1 saturated heterocycles. The molecule has 15 heavy (non-hydrogen) atoms. The zero-order chi connectivity index (χ0) is 10.3. The smallest absolute Gasteiger partial charge is 0.0483 e. The molecule has 1 aliphatic heterocycles. The molecule has 78 valence electrons. The van der Waals surface area contributed by atoms with Gasteiger partial charge in [-0.15, -0.1) is 0 Å². The van der Waals surface area contributed by atoms with Gasteiger partial charge in [-0.25, -0.2) is 0 Å². The van der Waals surface area contributed by atoms with Gasteiger partial charge in [0, 0.05) is 24.3 Å². The summed E-state index contributed by atoms with van der Waals surface area (Å²) in [5, 5.41) is 4.78. The molecule has 1 N–H and O–H groups in total. The van der Waals surface area contributed by atoms with E-state index < -0.39 is 0 Å². The number of aryl methyl sites for hydroxylation is 1. The molecular formula is C13H16N2. The summed E-state index contributed by atoms with van der Waals surface area (Å²) in [5.74, 6) is 0. The van der Waals surface area contributed by atoms with E-state index >= 15 is 0 Å². The molecule has 1 unspecified atom stereocenters. The topological polar surface area (TPSA) is 17.0 Å². The highest BCUT2D eigenvalue weighted by atomic mass is 15.1. The third-order valence-electron chi connectivity index (χ3n) is 3.30. The zero-order valence-electron chi connectivity index (χ0n) is 9.03. The maximum Gasteiger partial charge on any atom is 0.0483 e. The Labute approximate surface area is 89.9 Å². The van der Waals surface area contributed by atoms with Gasteiger partial charge in [0.05, 0.1) is 0 Å². The van der Waals surface area contributed by atoms with Crippen molar-refractivity contribution in [1.29, 1.82) is 0 Å². The third kappa shape index (κ3) is 1.45. The van der Waals surface area contributed by atoms with Crippen molar-refractivity contribution in [3.8, 4) is 0 Å². The molecule has 1 aliphatic rings. The molecule has 0 aliphatic carbocycles. The molecule has 0 bridgehead atoms. The van der Waals surface area contributed by atoms with Crippen LogP contribution in [0.15, 0.2) is 30.5 Å². The van der Waals surface area contributed by atoms with Gasteiger partial charge in [-0.05, 0) is 43.5 Å². The summed E-state index contributed by atoms with van der Waals surface area (Å²) < 4.78 is 2.41. The molecule has 2 nitrogen and oxygen atoms in total. The number of aromatic nitrogens is 1. The minimum absolute atomic E-state index is 0.644. The summed E-state index contributed by atoms with van der Waals surface area (Å²) in [6.07, 6.45) is 3.47. The largest absolute Gasteiger partial charge is 0.343 e. The number of nitrogens with one attached hydrogen (secondary N) is 1. The third-order valence-corrected chi connectivity index (χ3v) is 3.30. The van der Waals surface area contributed by atoms with Crippen molar-refractivity contribution >= 4 is 10.9 Å². The van der Waals surface area contributed by atoms with Crippen LogP contribution in [0.1, 0.15) is 18.0 Å². The maximum atomic E-state index is 3.42. The van der Waals surface area contributed by atoms with Crippen LogP contribution in [-0.4, -0.2) is 17.7 Å². The first-order valence-electron chi connectivity index (χ1n) is 5.62. The second-order valence-corrected chi connectivity index (χ2v) is 4.43. The predicted octanol–water partition coefficient (Wildman–Crippen LogP) is 2.48. The monoisotopic (exact) mass is 200 g/mol. The SMILES string of the molecule is Cc1ccc2c(ccn2C2CCNC2)c1. The van der Waals surface area contributed by atoms with Crippen molar-refractivity contribution in [3.05, 3.63) is 36.0 Å². The average molecular weight is 200 g/mol. The first-order chi connectivity index (χ1) is 7.34. The highest BCUT2D eigenvalue weighted by Gasteiger charge is 2.17. The van der Waals surface area contributed by atoms with Crippen molar-refractivity contribution in [2.24, 2.45) is 0 Å². The van der Waals surface area contributed by atoms with Gasteiger partial charge in [-0.2, -0.15) is 0 Å². The Hall–Kier alpha value is -1.28. The summed E-state index contributed by atoms with van der Waals surface area (Å²) in [5.41, 5.74) is 2.71. The molecule has 1 atom stereocenters. The van der Waals surface area contributed by atoms with E-state index in [0.717, 1.165) is 13.1 Å². The number of nitrogens with zero attached hydrogens (tertiary/aromatic N) is 1. The van der Waals surface area contributed by atoms with E-state index in [1.165, 1.54) is 22.9 Å². The van der Waals surface area contributed by atoms with Gasteiger partial charge in [0.1, 0.15) is 0 Å². The predicted molar refractivity (Wildman–Crippen MR) is 63.2 cm³/mol. The first-order valence-corrected chi connectivity index (χ1v) is 5.62. The molecule has 2 aromatic rings. The van der Waals surface area contributed by atoms with Gasteiger partial charge in [-0.3, -0.25) is 0 Å². The maximum absolute atomic E-state index is 3.42. The lowest BCUT2D eigenvalue weighted by Gasteiger charge is -2.12. The number of benzene rings is 1. The highest BCUT2D eigenvalue weighted by molar-refractivity contribution is 5.81. The minimum atomic E-state index is 0.644. The van der Waals surface area contributed by atoms with Crippen molar-refractivity contribution in [2.75, 3.05) is 13.1 Å². The fourth-order valence-electron chi connectivity index (χ4n) is 2.48. The van der Waals surface area contributed by atoms with Gasteiger partial charge in [0.25, 0.3) is 0 Å². The number of hydrogen-bond acceptors (Lipinski definition) is 1. The lowest BCUT2D eigenvalue weighted by Crippen LogP contribution is -2.12. The van der Waals surface area contributed by atoms with Crippen LogP contribution >= 0.6 is 0 Å². The quantitative estimate of drug-likeness (QED) is 0.748. The summed E-state index contributed by atoms with van der Waals surface area (Å²) >= 11 is 0. The van der Waals surface area contributed by atoms with Crippen LogP contribution in [0.3, 0.4) is 0 Å². The van der Waals surface area contributed by atoms with Crippen LogP contribution in [-0.2, 0) is 0 Å². The summed E-state index contributed by atoms with van der Waals surface area (Å²) in [7, 11) is 0. The molecule has 3 rings (SSSR count). The van der Waals surface area contributed by atoms with E-state index in [2.05, 4.69) is 47.3 Å². The molecule has 1 fully saturated rings. The van der Waals surface area contributed by atoms with Gasteiger partial charge in [-0.1, -0.05) is 11.6 Å². The molecule has 0 radical (unpaired) electrons. The standard InChI is InChI=1S/C13H16N2/c1-10-2-3-13-11(8-10)5-7-15(13)12-4-6-14-9-12/h2-3,5,7-8,12,14H,4,6,9H2,1H3. The Kier molecular flexibility index (Phi) is 2.03. The van der Waals surface area contributed by atoms with E-state index in [4.69, 9.17) is 0 Å². The van der Waals surface area contributed by atoms with E-state index in [9.17, 15) is 0 Å². The Bertz CT molecular complexity index is 478. The van der Waals surface area contributed by atoms with Crippen molar-refractivity contribution in [2.45, 2.75) is 19.4 Å². The van der Waals surface area contributed by atoms with Crippen LogP contribution in [0.5, 0.6) is 0 Å². The fraction of sp³-hybridized carbons (Fsp3) is 0.385. The second kappa shape index (κ2) is 3.38. The Morgan fingerprint density at radius 1 is 1.33 bits per heavy atom. The highest BCUT2D eigenvalue weighted by Crippen LogP contribution is 2.24. The Morgan fingerprint density at radius 3 is 3.07 bits per heavy atom. The van der Waals surface area contributed by atoms with Crippen LogP contribution in [0, 0.1) is 6.92 Å². The van der Waals surface area contributed by atoms with Crippen LogP contribution < -0.4 is 5.32 Å².